The molecule has 1 aliphatic heterocycles. The van der Waals surface area contributed by atoms with Crippen molar-refractivity contribution in [3.8, 4) is 11.5 Å². The van der Waals surface area contributed by atoms with E-state index in [0.717, 1.165) is 22.9 Å². The van der Waals surface area contributed by atoms with Crippen LogP contribution in [0, 0.1) is 0 Å². The second kappa shape index (κ2) is 7.06. The Labute approximate surface area is 129 Å². The van der Waals surface area contributed by atoms with E-state index in [9.17, 15) is 0 Å². The highest BCUT2D eigenvalue weighted by Crippen LogP contribution is 2.28. The molecule has 3 rings (SSSR count). The van der Waals surface area contributed by atoms with Crippen molar-refractivity contribution in [3.63, 3.8) is 0 Å². The minimum absolute atomic E-state index is 0.0430. The number of nitrogens with one attached hydrogen (secondary N) is 1. The van der Waals surface area contributed by atoms with Crippen LogP contribution in [0.2, 0.25) is 0 Å². The van der Waals surface area contributed by atoms with E-state index in [-0.39, 0.29) is 12.7 Å². The molecule has 1 atom stereocenters. The minimum Gasteiger partial charge on any atom is -0.457 e. The third kappa shape index (κ3) is 3.63. The summed E-state index contributed by atoms with van der Waals surface area (Å²) in [6.07, 6.45) is 0.613. The molecule has 1 aliphatic rings. The molecule has 114 valence electrons. The molecule has 1 saturated heterocycles. The van der Waals surface area contributed by atoms with E-state index >= 15 is 0 Å². The smallest absolute Gasteiger partial charge is 0.127 e. The number of hydrogen-bond acceptors (Lipinski definition) is 4. The number of para-hydroxylation sites is 1. The Balaban J connectivity index is 1.62. The van der Waals surface area contributed by atoms with Gasteiger partial charge < -0.3 is 9.84 Å². The first-order valence-corrected chi connectivity index (χ1v) is 7.24. The molecule has 1 heterocycles. The van der Waals surface area contributed by atoms with Crippen LogP contribution < -0.4 is 10.2 Å². The number of aliphatic imine (C=N–C) groups is 1. The topological polar surface area (TPSA) is 63.1 Å². The Morgan fingerprint density at radius 1 is 1.09 bits per heavy atom. The molecule has 0 aromatic heterocycles. The normalized spacial score (nSPS) is 19.1. The zero-order chi connectivity index (χ0) is 15.2. The van der Waals surface area contributed by atoms with Crippen molar-refractivity contribution in [2.24, 2.45) is 4.99 Å². The van der Waals surface area contributed by atoms with Gasteiger partial charge in [-0.1, -0.05) is 30.3 Å². The number of hydroxylamine groups is 1. The first-order chi connectivity index (χ1) is 10.8. The number of aliphatic hydroxyl groups excluding tert-OH is 1. The fraction of sp³-hybridized carbons (Fsp3) is 0.235. The lowest BCUT2D eigenvalue weighted by Gasteiger charge is -2.09. The van der Waals surface area contributed by atoms with E-state index in [0.29, 0.717) is 13.0 Å². The SMILES string of the molecule is OCCN=C1CC(c2ccc(Oc3ccccc3)cc2)ON1. The third-order valence-electron chi connectivity index (χ3n) is 3.33. The summed E-state index contributed by atoms with van der Waals surface area (Å²) in [5.41, 5.74) is 3.86. The standard InChI is InChI=1S/C17H18N2O3/c20-11-10-18-17-12-16(22-19-17)13-6-8-15(9-7-13)21-14-4-2-1-3-5-14/h1-9,16,20H,10-12H2,(H,18,19). The van der Waals surface area contributed by atoms with Gasteiger partial charge in [-0.25, -0.2) is 0 Å². The summed E-state index contributed by atoms with van der Waals surface area (Å²) >= 11 is 0. The molecule has 22 heavy (non-hydrogen) atoms. The van der Waals surface area contributed by atoms with Crippen molar-refractivity contribution in [2.75, 3.05) is 13.2 Å². The van der Waals surface area contributed by atoms with Gasteiger partial charge in [0, 0.05) is 6.42 Å². The van der Waals surface area contributed by atoms with Gasteiger partial charge in [-0.05, 0) is 29.8 Å². The molecule has 1 fully saturated rings. The molecule has 2 aromatic carbocycles. The maximum absolute atomic E-state index is 8.77. The minimum atomic E-state index is -0.0665. The highest BCUT2D eigenvalue weighted by atomic mass is 16.7. The molecule has 5 heteroatoms. The van der Waals surface area contributed by atoms with Gasteiger partial charge in [0.2, 0.25) is 0 Å². The van der Waals surface area contributed by atoms with Crippen molar-refractivity contribution in [3.05, 3.63) is 60.2 Å². The van der Waals surface area contributed by atoms with Crippen molar-refractivity contribution in [1.29, 1.82) is 0 Å². The van der Waals surface area contributed by atoms with Crippen LogP contribution in [0.25, 0.3) is 0 Å². The molecule has 2 aromatic rings. The van der Waals surface area contributed by atoms with Gasteiger partial charge in [-0.15, -0.1) is 0 Å². The van der Waals surface area contributed by atoms with Crippen LogP contribution in [0.15, 0.2) is 59.6 Å². The molecule has 0 amide bonds. The van der Waals surface area contributed by atoms with Crippen LogP contribution in [0.4, 0.5) is 0 Å². The van der Waals surface area contributed by atoms with Crippen molar-refractivity contribution >= 4 is 5.84 Å². The summed E-state index contributed by atoms with van der Waals surface area (Å²) < 4.78 is 5.76. The summed E-state index contributed by atoms with van der Waals surface area (Å²) in [7, 11) is 0. The van der Waals surface area contributed by atoms with Gasteiger partial charge in [0.1, 0.15) is 23.4 Å². The lowest BCUT2D eigenvalue weighted by molar-refractivity contribution is 0.0448. The molecule has 2 N–H and O–H groups in total. The first-order valence-electron chi connectivity index (χ1n) is 7.24. The fourth-order valence-electron chi connectivity index (χ4n) is 2.24. The van der Waals surface area contributed by atoms with Gasteiger partial charge in [-0.2, -0.15) is 0 Å². The molecule has 0 radical (unpaired) electrons. The highest BCUT2D eigenvalue weighted by Gasteiger charge is 2.22. The Morgan fingerprint density at radius 2 is 1.82 bits per heavy atom. The van der Waals surface area contributed by atoms with Gasteiger partial charge >= 0.3 is 0 Å². The molecule has 5 nitrogen and oxygen atoms in total. The van der Waals surface area contributed by atoms with Crippen LogP contribution in [-0.2, 0) is 4.84 Å². The van der Waals surface area contributed by atoms with Crippen LogP contribution in [0.3, 0.4) is 0 Å². The van der Waals surface area contributed by atoms with Crippen LogP contribution in [0.5, 0.6) is 11.5 Å². The lowest BCUT2D eigenvalue weighted by Crippen LogP contribution is -2.13. The predicted molar refractivity (Wildman–Crippen MR) is 83.9 cm³/mol. The second-order valence-electron chi connectivity index (χ2n) is 4.95. The van der Waals surface area contributed by atoms with Gasteiger partial charge in [0.05, 0.1) is 13.2 Å². The second-order valence-corrected chi connectivity index (χ2v) is 4.95. The Kier molecular flexibility index (Phi) is 4.68. The molecular formula is C17H18N2O3. The number of rotatable bonds is 5. The third-order valence-corrected chi connectivity index (χ3v) is 3.33. The number of hydrogen-bond donors (Lipinski definition) is 2. The average molecular weight is 298 g/mol. The Morgan fingerprint density at radius 3 is 2.55 bits per heavy atom. The van der Waals surface area contributed by atoms with Crippen LogP contribution >= 0.6 is 0 Å². The summed E-state index contributed by atoms with van der Waals surface area (Å²) in [6, 6.07) is 17.5. The van der Waals surface area contributed by atoms with Crippen molar-refractivity contribution in [1.82, 2.24) is 5.48 Å². The first kappa shape index (κ1) is 14.6. The van der Waals surface area contributed by atoms with E-state index in [4.69, 9.17) is 14.7 Å². The number of ether oxygens (including phenoxy) is 1. The number of benzene rings is 2. The fourth-order valence-corrected chi connectivity index (χ4v) is 2.24. The van der Waals surface area contributed by atoms with Gasteiger partial charge in [0.15, 0.2) is 0 Å². The van der Waals surface area contributed by atoms with Gasteiger partial charge in [-0.3, -0.25) is 15.3 Å². The maximum atomic E-state index is 8.77. The summed E-state index contributed by atoms with van der Waals surface area (Å²) in [5.74, 6) is 2.37. The number of aliphatic hydroxyl groups is 1. The van der Waals surface area contributed by atoms with Crippen molar-refractivity contribution in [2.45, 2.75) is 12.5 Å². The Hall–Kier alpha value is -2.37. The lowest BCUT2D eigenvalue weighted by atomic mass is 10.1. The molecule has 0 spiro atoms. The Bertz CT molecular complexity index is 626. The van der Waals surface area contributed by atoms with E-state index in [1.54, 1.807) is 0 Å². The highest BCUT2D eigenvalue weighted by molar-refractivity contribution is 5.83. The maximum Gasteiger partial charge on any atom is 0.127 e. The zero-order valence-electron chi connectivity index (χ0n) is 12.1. The average Bonchev–Trinajstić information content (AvgIpc) is 3.03. The largest absolute Gasteiger partial charge is 0.457 e. The van der Waals surface area contributed by atoms with E-state index < -0.39 is 0 Å². The summed E-state index contributed by atoms with van der Waals surface area (Å²) in [6.45, 7) is 0.434. The monoisotopic (exact) mass is 298 g/mol. The van der Waals surface area contributed by atoms with Crippen molar-refractivity contribution < 1.29 is 14.7 Å². The summed E-state index contributed by atoms with van der Waals surface area (Å²) in [5, 5.41) is 8.77. The number of nitrogens with zero attached hydrogens (tertiary/aromatic N) is 1. The van der Waals surface area contributed by atoms with E-state index in [1.807, 2.05) is 54.6 Å². The van der Waals surface area contributed by atoms with Crippen LogP contribution in [0.1, 0.15) is 18.1 Å². The quantitative estimate of drug-likeness (QED) is 0.891. The molecular weight excluding hydrogens is 280 g/mol. The molecule has 0 saturated carbocycles. The number of amidine groups is 1. The molecule has 1 unspecified atom stereocenters. The van der Waals surface area contributed by atoms with Gasteiger partial charge in [0.25, 0.3) is 0 Å². The zero-order valence-corrected chi connectivity index (χ0v) is 12.1. The van der Waals surface area contributed by atoms with E-state index in [1.165, 1.54) is 0 Å². The molecule has 0 aliphatic carbocycles. The molecule has 0 bridgehead atoms. The summed E-state index contributed by atoms with van der Waals surface area (Å²) in [4.78, 5) is 9.70. The van der Waals surface area contributed by atoms with E-state index in [2.05, 4.69) is 10.5 Å². The predicted octanol–water partition coefficient (Wildman–Crippen LogP) is 2.84. The van der Waals surface area contributed by atoms with Crippen LogP contribution in [-0.4, -0.2) is 24.1 Å².